The first-order valence-electron chi connectivity index (χ1n) is 4.69. The Morgan fingerprint density at radius 1 is 1.27 bits per heavy atom. The Morgan fingerprint density at radius 2 is 1.93 bits per heavy atom. The molecule has 0 saturated heterocycles. The van der Waals surface area contributed by atoms with Crippen molar-refractivity contribution in [1.82, 2.24) is 5.32 Å². The van der Waals surface area contributed by atoms with Gasteiger partial charge in [-0.15, -0.1) is 24.8 Å². The highest BCUT2D eigenvalue weighted by atomic mass is 35.5. The zero-order valence-electron chi connectivity index (χ0n) is 9.04. The molecule has 0 unspecified atom stereocenters. The van der Waals surface area contributed by atoms with Crippen LogP contribution < -0.4 is 11.1 Å². The van der Waals surface area contributed by atoms with Crippen LogP contribution in [0.1, 0.15) is 25.0 Å². The second-order valence-electron chi connectivity index (χ2n) is 4.40. The van der Waals surface area contributed by atoms with E-state index in [-0.39, 0.29) is 30.2 Å². The van der Waals surface area contributed by atoms with Gasteiger partial charge in [0.2, 0.25) is 0 Å². The standard InChI is InChI=1S/C11H16N2.2ClH/c1-11(2)7-13-6-8-5-9(12)3-4-10(8)11;;/h3-5,13H,6-7,12H2,1-2H3;2*1H. The summed E-state index contributed by atoms with van der Waals surface area (Å²) in [7, 11) is 0. The van der Waals surface area contributed by atoms with Gasteiger partial charge in [-0.25, -0.2) is 0 Å². The smallest absolute Gasteiger partial charge is 0.0317 e. The quantitative estimate of drug-likeness (QED) is 0.693. The van der Waals surface area contributed by atoms with Gasteiger partial charge in [-0.3, -0.25) is 0 Å². The van der Waals surface area contributed by atoms with Gasteiger partial charge in [0.15, 0.2) is 0 Å². The summed E-state index contributed by atoms with van der Waals surface area (Å²) in [4.78, 5) is 0. The van der Waals surface area contributed by atoms with Crippen molar-refractivity contribution in [3.05, 3.63) is 29.3 Å². The largest absolute Gasteiger partial charge is 0.399 e. The molecular formula is C11H18Cl2N2. The molecule has 1 heterocycles. The second-order valence-corrected chi connectivity index (χ2v) is 4.40. The Bertz CT molecular complexity index is 337. The molecule has 1 aromatic carbocycles. The minimum absolute atomic E-state index is 0. The molecule has 0 spiro atoms. The van der Waals surface area contributed by atoms with Crippen LogP contribution in [-0.4, -0.2) is 6.54 Å². The fourth-order valence-electron chi connectivity index (χ4n) is 2.03. The number of anilines is 1. The van der Waals surface area contributed by atoms with E-state index in [1.807, 2.05) is 6.07 Å². The molecule has 0 bridgehead atoms. The van der Waals surface area contributed by atoms with Crippen molar-refractivity contribution in [2.24, 2.45) is 0 Å². The molecule has 1 aliphatic heterocycles. The topological polar surface area (TPSA) is 38.0 Å². The summed E-state index contributed by atoms with van der Waals surface area (Å²) >= 11 is 0. The highest BCUT2D eigenvalue weighted by Crippen LogP contribution is 2.30. The van der Waals surface area contributed by atoms with E-state index in [9.17, 15) is 0 Å². The van der Waals surface area contributed by atoms with Crippen LogP contribution in [0.4, 0.5) is 5.69 Å². The maximum absolute atomic E-state index is 5.74. The third-order valence-corrected chi connectivity index (χ3v) is 2.74. The molecular weight excluding hydrogens is 231 g/mol. The van der Waals surface area contributed by atoms with Crippen LogP contribution in [0.15, 0.2) is 18.2 Å². The van der Waals surface area contributed by atoms with E-state index in [2.05, 4.69) is 31.3 Å². The molecule has 86 valence electrons. The second kappa shape index (κ2) is 5.06. The average Bonchev–Trinajstić information content (AvgIpc) is 2.02. The molecule has 2 rings (SSSR count). The van der Waals surface area contributed by atoms with Crippen LogP contribution in [-0.2, 0) is 12.0 Å². The molecule has 3 N–H and O–H groups in total. The summed E-state index contributed by atoms with van der Waals surface area (Å²) < 4.78 is 0. The van der Waals surface area contributed by atoms with Crippen molar-refractivity contribution in [1.29, 1.82) is 0 Å². The number of halogens is 2. The number of nitrogens with two attached hydrogens (primary N) is 1. The fraction of sp³-hybridized carbons (Fsp3) is 0.455. The van der Waals surface area contributed by atoms with Gasteiger partial charge in [0, 0.05) is 24.2 Å². The van der Waals surface area contributed by atoms with Crippen LogP contribution in [0.5, 0.6) is 0 Å². The van der Waals surface area contributed by atoms with Crippen molar-refractivity contribution in [2.45, 2.75) is 25.8 Å². The van der Waals surface area contributed by atoms with E-state index < -0.39 is 0 Å². The number of fused-ring (bicyclic) bond motifs is 1. The first kappa shape index (κ1) is 14.6. The lowest BCUT2D eigenvalue weighted by Gasteiger charge is -2.33. The number of nitrogens with one attached hydrogen (secondary N) is 1. The monoisotopic (exact) mass is 248 g/mol. The Morgan fingerprint density at radius 3 is 2.60 bits per heavy atom. The highest BCUT2D eigenvalue weighted by molar-refractivity contribution is 5.85. The SMILES string of the molecule is CC1(C)CNCc2cc(N)ccc21.Cl.Cl. The molecule has 0 amide bonds. The zero-order chi connectivity index (χ0) is 9.47. The summed E-state index contributed by atoms with van der Waals surface area (Å²) in [5.74, 6) is 0. The first-order valence-corrected chi connectivity index (χ1v) is 4.69. The van der Waals surface area contributed by atoms with Gasteiger partial charge in [0.25, 0.3) is 0 Å². The number of rotatable bonds is 0. The Kier molecular flexibility index (Phi) is 4.91. The van der Waals surface area contributed by atoms with Crippen molar-refractivity contribution >= 4 is 30.5 Å². The van der Waals surface area contributed by atoms with E-state index >= 15 is 0 Å². The lowest BCUT2D eigenvalue weighted by atomic mass is 9.79. The molecule has 0 saturated carbocycles. The third-order valence-electron chi connectivity index (χ3n) is 2.74. The van der Waals surface area contributed by atoms with Gasteiger partial charge in [-0.2, -0.15) is 0 Å². The van der Waals surface area contributed by atoms with E-state index in [1.54, 1.807) is 0 Å². The molecule has 0 aliphatic carbocycles. The van der Waals surface area contributed by atoms with Crippen molar-refractivity contribution in [2.75, 3.05) is 12.3 Å². The average molecular weight is 249 g/mol. The molecule has 0 radical (unpaired) electrons. The summed E-state index contributed by atoms with van der Waals surface area (Å²) in [6.07, 6.45) is 0. The number of benzene rings is 1. The van der Waals surface area contributed by atoms with E-state index in [0.717, 1.165) is 18.8 Å². The summed E-state index contributed by atoms with van der Waals surface area (Å²) in [5, 5.41) is 3.40. The lowest BCUT2D eigenvalue weighted by Crippen LogP contribution is -2.38. The van der Waals surface area contributed by atoms with Crippen LogP contribution in [0, 0.1) is 0 Å². The minimum atomic E-state index is 0. The molecule has 0 fully saturated rings. The van der Waals surface area contributed by atoms with Gasteiger partial charge in [-0.05, 0) is 23.3 Å². The normalized spacial score (nSPS) is 16.9. The van der Waals surface area contributed by atoms with Crippen LogP contribution in [0.2, 0.25) is 0 Å². The predicted molar refractivity (Wildman–Crippen MR) is 70.1 cm³/mol. The molecule has 15 heavy (non-hydrogen) atoms. The predicted octanol–water partition coefficient (Wildman–Crippen LogP) is 2.49. The van der Waals surface area contributed by atoms with Crippen molar-refractivity contribution in [3.63, 3.8) is 0 Å². The van der Waals surface area contributed by atoms with Crippen LogP contribution in [0.25, 0.3) is 0 Å². The fourth-order valence-corrected chi connectivity index (χ4v) is 2.03. The Hall–Kier alpha value is -0.440. The number of hydrogen-bond donors (Lipinski definition) is 2. The number of nitrogen functional groups attached to an aromatic ring is 1. The van der Waals surface area contributed by atoms with Crippen LogP contribution >= 0.6 is 24.8 Å². The highest BCUT2D eigenvalue weighted by Gasteiger charge is 2.26. The molecule has 1 aliphatic rings. The summed E-state index contributed by atoms with van der Waals surface area (Å²) in [6.45, 7) is 6.51. The lowest BCUT2D eigenvalue weighted by molar-refractivity contribution is 0.435. The summed E-state index contributed by atoms with van der Waals surface area (Å²) in [6, 6.07) is 6.22. The van der Waals surface area contributed by atoms with Gasteiger partial charge in [0.05, 0.1) is 0 Å². The summed E-state index contributed by atoms with van der Waals surface area (Å²) in [5.41, 5.74) is 9.61. The van der Waals surface area contributed by atoms with E-state index in [0.29, 0.717) is 0 Å². The maximum Gasteiger partial charge on any atom is 0.0317 e. The third kappa shape index (κ3) is 2.77. The van der Waals surface area contributed by atoms with E-state index in [1.165, 1.54) is 11.1 Å². The Labute approximate surface area is 103 Å². The van der Waals surface area contributed by atoms with E-state index in [4.69, 9.17) is 5.73 Å². The zero-order valence-corrected chi connectivity index (χ0v) is 10.7. The van der Waals surface area contributed by atoms with Crippen LogP contribution in [0.3, 0.4) is 0 Å². The first-order chi connectivity index (χ1) is 6.09. The maximum atomic E-state index is 5.74. The van der Waals surface area contributed by atoms with Crippen molar-refractivity contribution < 1.29 is 0 Å². The molecule has 1 aromatic rings. The molecule has 4 heteroatoms. The molecule has 0 atom stereocenters. The Balaban J connectivity index is 0.000000980. The van der Waals surface area contributed by atoms with Gasteiger partial charge in [-0.1, -0.05) is 19.9 Å². The minimum Gasteiger partial charge on any atom is -0.399 e. The van der Waals surface area contributed by atoms with Gasteiger partial charge in [0.1, 0.15) is 0 Å². The van der Waals surface area contributed by atoms with Crippen molar-refractivity contribution in [3.8, 4) is 0 Å². The molecule has 0 aromatic heterocycles. The van der Waals surface area contributed by atoms with Gasteiger partial charge < -0.3 is 11.1 Å². The van der Waals surface area contributed by atoms with Gasteiger partial charge >= 0.3 is 0 Å². The number of hydrogen-bond acceptors (Lipinski definition) is 2. The molecule has 2 nitrogen and oxygen atoms in total.